The average Bonchev–Trinajstić information content (AvgIpc) is 3.35. The minimum Gasteiger partial charge on any atom is -0.480 e. The molecule has 37 heavy (non-hydrogen) atoms. The smallest absolute Gasteiger partial charge is 0.327 e. The number of thioether (sulfide) groups is 1. The van der Waals surface area contributed by atoms with Gasteiger partial charge in [-0.2, -0.15) is 11.8 Å². The van der Waals surface area contributed by atoms with Crippen molar-refractivity contribution >= 4 is 29.5 Å². The summed E-state index contributed by atoms with van der Waals surface area (Å²) in [6, 6.07) is 8.79. The molecule has 8 heteroatoms. The Labute approximate surface area is 226 Å². The lowest BCUT2D eigenvalue weighted by Crippen LogP contribution is -2.48. The average molecular weight is 533 g/mol. The summed E-state index contributed by atoms with van der Waals surface area (Å²) in [5, 5.41) is 12.5. The number of nitrogens with zero attached hydrogens (tertiary/aromatic N) is 1. The van der Waals surface area contributed by atoms with Gasteiger partial charge in [0.05, 0.1) is 6.61 Å². The van der Waals surface area contributed by atoms with Gasteiger partial charge in [-0.3, -0.25) is 9.59 Å². The van der Waals surface area contributed by atoms with Gasteiger partial charge in [0, 0.05) is 30.5 Å². The Balaban J connectivity index is 1.48. The number of aliphatic carboxylic acids is 1. The molecule has 206 valence electrons. The first kappa shape index (κ1) is 29.5. The second-order valence-corrected chi connectivity index (χ2v) is 12.0. The van der Waals surface area contributed by atoms with E-state index in [1.165, 1.54) is 31.0 Å². The third-order valence-corrected chi connectivity index (χ3v) is 8.56. The largest absolute Gasteiger partial charge is 0.480 e. The minimum absolute atomic E-state index is 0.147. The van der Waals surface area contributed by atoms with Gasteiger partial charge in [0.15, 0.2) is 0 Å². The minimum atomic E-state index is -1.05. The Bertz CT molecular complexity index is 859. The first-order valence-electron chi connectivity index (χ1n) is 13.9. The molecule has 2 N–H and O–H groups in total. The van der Waals surface area contributed by atoms with E-state index in [1.807, 2.05) is 49.1 Å². The number of carbonyl (C=O) groups excluding carboxylic acids is 2. The van der Waals surface area contributed by atoms with E-state index < -0.39 is 18.1 Å². The molecule has 0 aromatic heterocycles. The maximum absolute atomic E-state index is 13.0. The van der Waals surface area contributed by atoms with Crippen molar-refractivity contribution in [1.82, 2.24) is 10.2 Å². The van der Waals surface area contributed by atoms with Crippen LogP contribution in [0.2, 0.25) is 0 Å². The summed E-state index contributed by atoms with van der Waals surface area (Å²) < 4.78 is 5.91. The fraction of sp³-hybridized carbons (Fsp3) is 0.690. The molecule has 2 aliphatic rings. The standard InChI is InChI=1S/C29H44N2O5S/c1-21(2)16-26(36-18-23-12-7-4-8-13-23)28(33)30-25(29(34)35)20-37-19-24-14-9-15-31(24)27(32)17-22-10-5-3-6-11-22/h4,7-8,12-13,21-22,24-26H,3,5-6,9-11,14-20H2,1-2H3,(H,30,33)(H,34,35)/t24-,25-,26-/m0/s1. The highest BCUT2D eigenvalue weighted by molar-refractivity contribution is 7.99. The van der Waals surface area contributed by atoms with Crippen molar-refractivity contribution in [1.29, 1.82) is 0 Å². The van der Waals surface area contributed by atoms with Gasteiger partial charge in [-0.05, 0) is 49.5 Å². The number of amides is 2. The van der Waals surface area contributed by atoms with Crippen LogP contribution in [-0.2, 0) is 25.7 Å². The van der Waals surface area contributed by atoms with Crippen molar-refractivity contribution in [3.63, 3.8) is 0 Å². The fourth-order valence-electron chi connectivity index (χ4n) is 5.30. The van der Waals surface area contributed by atoms with Crippen LogP contribution in [0.3, 0.4) is 0 Å². The van der Waals surface area contributed by atoms with E-state index in [2.05, 4.69) is 5.32 Å². The third kappa shape index (κ3) is 9.97. The van der Waals surface area contributed by atoms with Gasteiger partial charge in [-0.25, -0.2) is 4.79 Å². The Morgan fingerprint density at radius 3 is 2.49 bits per heavy atom. The Hall–Kier alpha value is -2.06. The lowest BCUT2D eigenvalue weighted by atomic mass is 9.86. The first-order chi connectivity index (χ1) is 17.8. The van der Waals surface area contributed by atoms with E-state index in [4.69, 9.17) is 4.74 Å². The van der Waals surface area contributed by atoms with Crippen molar-refractivity contribution in [2.75, 3.05) is 18.1 Å². The molecule has 1 aliphatic carbocycles. The zero-order valence-electron chi connectivity index (χ0n) is 22.4. The van der Waals surface area contributed by atoms with Gasteiger partial charge >= 0.3 is 5.97 Å². The highest BCUT2D eigenvalue weighted by atomic mass is 32.2. The number of carboxylic acids is 1. The summed E-state index contributed by atoms with van der Waals surface area (Å²) in [4.78, 5) is 39.9. The molecule has 0 spiro atoms. The monoisotopic (exact) mass is 532 g/mol. The van der Waals surface area contributed by atoms with E-state index >= 15 is 0 Å². The predicted octanol–water partition coefficient (Wildman–Crippen LogP) is 4.88. The van der Waals surface area contributed by atoms with Crippen LogP contribution >= 0.6 is 11.8 Å². The number of ether oxygens (including phenoxy) is 1. The SMILES string of the molecule is CC(C)C[C@H](OCc1ccccc1)C(=O)N[C@@H](CSC[C@@H]1CCCN1C(=O)CC1CCCCC1)C(=O)O. The van der Waals surface area contributed by atoms with Crippen LogP contribution in [0.25, 0.3) is 0 Å². The van der Waals surface area contributed by atoms with E-state index in [0.29, 0.717) is 31.1 Å². The summed E-state index contributed by atoms with van der Waals surface area (Å²) in [5.74, 6) is 0.510. The number of benzene rings is 1. The number of carbonyl (C=O) groups is 3. The molecule has 0 unspecified atom stereocenters. The van der Waals surface area contributed by atoms with Crippen molar-refractivity contribution in [3.05, 3.63) is 35.9 Å². The summed E-state index contributed by atoms with van der Waals surface area (Å²) in [5.41, 5.74) is 0.966. The fourth-order valence-corrected chi connectivity index (χ4v) is 6.52. The number of nitrogens with one attached hydrogen (secondary N) is 1. The van der Waals surface area contributed by atoms with E-state index in [9.17, 15) is 19.5 Å². The summed E-state index contributed by atoms with van der Waals surface area (Å²) >= 11 is 1.50. The molecule has 1 aromatic rings. The highest BCUT2D eigenvalue weighted by Gasteiger charge is 2.31. The maximum atomic E-state index is 13.0. The van der Waals surface area contributed by atoms with Gasteiger partial charge in [-0.1, -0.05) is 63.4 Å². The zero-order valence-corrected chi connectivity index (χ0v) is 23.2. The second-order valence-electron chi connectivity index (χ2n) is 10.9. The molecule has 1 aliphatic heterocycles. The van der Waals surface area contributed by atoms with Crippen LogP contribution in [0.15, 0.2) is 30.3 Å². The molecule has 0 radical (unpaired) electrons. The van der Waals surface area contributed by atoms with Crippen LogP contribution in [0.1, 0.15) is 77.2 Å². The second kappa shape index (κ2) is 15.4. The van der Waals surface area contributed by atoms with E-state index in [-0.39, 0.29) is 29.5 Å². The van der Waals surface area contributed by atoms with Crippen LogP contribution in [0.4, 0.5) is 0 Å². The molecule has 7 nitrogen and oxygen atoms in total. The van der Waals surface area contributed by atoms with Gasteiger partial charge in [0.1, 0.15) is 12.1 Å². The van der Waals surface area contributed by atoms with Gasteiger partial charge in [-0.15, -0.1) is 0 Å². The van der Waals surface area contributed by atoms with Crippen LogP contribution in [0.5, 0.6) is 0 Å². The quantitative estimate of drug-likeness (QED) is 0.355. The molecule has 1 saturated carbocycles. The van der Waals surface area contributed by atoms with Gasteiger partial charge < -0.3 is 20.1 Å². The van der Waals surface area contributed by atoms with E-state index in [0.717, 1.165) is 37.8 Å². The van der Waals surface area contributed by atoms with Crippen LogP contribution in [-0.4, -0.2) is 64.0 Å². The number of hydrogen-bond donors (Lipinski definition) is 2. The van der Waals surface area contributed by atoms with Gasteiger partial charge in [0.2, 0.25) is 11.8 Å². The van der Waals surface area contributed by atoms with Crippen LogP contribution in [0, 0.1) is 11.8 Å². The van der Waals surface area contributed by atoms with Crippen LogP contribution < -0.4 is 5.32 Å². The number of carboxylic acid groups (broad SMARTS) is 1. The van der Waals surface area contributed by atoms with Gasteiger partial charge in [0.25, 0.3) is 0 Å². The molecule has 3 atom stereocenters. The number of hydrogen-bond acceptors (Lipinski definition) is 5. The third-order valence-electron chi connectivity index (χ3n) is 7.37. The summed E-state index contributed by atoms with van der Waals surface area (Å²) in [6.45, 7) is 5.12. The summed E-state index contributed by atoms with van der Waals surface area (Å²) in [6.07, 6.45) is 8.46. The van der Waals surface area contributed by atoms with E-state index in [1.54, 1.807) is 0 Å². The maximum Gasteiger partial charge on any atom is 0.327 e. The molecule has 1 aromatic carbocycles. The normalized spacial score (nSPS) is 20.1. The Morgan fingerprint density at radius 1 is 1.08 bits per heavy atom. The highest BCUT2D eigenvalue weighted by Crippen LogP contribution is 2.29. The number of likely N-dealkylation sites (tertiary alicyclic amines) is 1. The zero-order chi connectivity index (χ0) is 26.6. The van der Waals surface area contributed by atoms with Crippen molar-refractivity contribution < 1.29 is 24.2 Å². The molecule has 2 fully saturated rings. The molecule has 3 rings (SSSR count). The van der Waals surface area contributed by atoms with Crippen molar-refractivity contribution in [3.8, 4) is 0 Å². The molecule has 0 bridgehead atoms. The molecule has 1 saturated heterocycles. The number of rotatable bonds is 14. The Morgan fingerprint density at radius 2 is 1.81 bits per heavy atom. The molecule has 2 amide bonds. The molecular formula is C29H44N2O5S. The predicted molar refractivity (Wildman–Crippen MR) is 147 cm³/mol. The van der Waals surface area contributed by atoms with Crippen molar-refractivity contribution in [2.24, 2.45) is 11.8 Å². The summed E-state index contributed by atoms with van der Waals surface area (Å²) in [7, 11) is 0. The molecule has 1 heterocycles. The lowest BCUT2D eigenvalue weighted by Gasteiger charge is -2.28. The Kier molecular flexibility index (Phi) is 12.3. The molecular weight excluding hydrogens is 488 g/mol. The first-order valence-corrected chi connectivity index (χ1v) is 15.0. The topological polar surface area (TPSA) is 95.9 Å². The lowest BCUT2D eigenvalue weighted by molar-refractivity contribution is -0.144. The van der Waals surface area contributed by atoms with Crippen molar-refractivity contribution in [2.45, 2.75) is 96.4 Å².